The molecular weight excluding hydrogens is 458 g/mol. The molecule has 36 heavy (non-hydrogen) atoms. The Balaban J connectivity index is 1.45. The van der Waals surface area contributed by atoms with Gasteiger partial charge in [0.2, 0.25) is 5.95 Å². The number of hydrogen-bond acceptors (Lipinski definition) is 6. The van der Waals surface area contributed by atoms with E-state index in [1.54, 1.807) is 41.9 Å². The fraction of sp³-hybridized carbons (Fsp3) is 0.192. The molecule has 10 nitrogen and oxygen atoms in total. The van der Waals surface area contributed by atoms with Crippen LogP contribution in [0.25, 0.3) is 22.7 Å². The summed E-state index contributed by atoms with van der Waals surface area (Å²) in [5, 5.41) is 12.0. The maximum Gasteiger partial charge on any atom is 0.263 e. The smallest absolute Gasteiger partial charge is 0.263 e. The number of amides is 1. The number of fused-ring (bicyclic) bond motifs is 1. The highest BCUT2D eigenvalue weighted by atomic mass is 16.5. The minimum Gasteiger partial charge on any atom is -0.494 e. The number of aryl methyl sites for hydroxylation is 1. The van der Waals surface area contributed by atoms with Crippen molar-refractivity contribution in [3.63, 3.8) is 0 Å². The van der Waals surface area contributed by atoms with Crippen molar-refractivity contribution in [3.8, 4) is 17.4 Å². The van der Waals surface area contributed by atoms with Crippen LogP contribution in [0.4, 0.5) is 5.82 Å². The number of carbonyl (C=O) groups excluding carboxylic acids is 1. The number of H-pyrrole nitrogens is 1. The molecular formula is C26H25N7O3. The van der Waals surface area contributed by atoms with Gasteiger partial charge in [-0.25, -0.2) is 4.68 Å². The lowest BCUT2D eigenvalue weighted by Gasteiger charge is -2.10. The number of benzene rings is 2. The van der Waals surface area contributed by atoms with E-state index in [2.05, 4.69) is 32.4 Å². The summed E-state index contributed by atoms with van der Waals surface area (Å²) < 4.78 is 8.66. The van der Waals surface area contributed by atoms with Crippen molar-refractivity contribution in [3.05, 3.63) is 88.5 Å². The van der Waals surface area contributed by atoms with Crippen molar-refractivity contribution >= 4 is 22.8 Å². The second-order valence-electron chi connectivity index (χ2n) is 8.28. The molecule has 3 heterocycles. The van der Waals surface area contributed by atoms with Gasteiger partial charge in [0.15, 0.2) is 5.65 Å². The van der Waals surface area contributed by atoms with Crippen molar-refractivity contribution in [2.75, 3.05) is 11.9 Å². The zero-order valence-electron chi connectivity index (χ0n) is 19.9. The van der Waals surface area contributed by atoms with Gasteiger partial charge in [0.25, 0.3) is 11.5 Å². The maximum absolute atomic E-state index is 13.0. The third-order valence-electron chi connectivity index (χ3n) is 5.58. The van der Waals surface area contributed by atoms with Crippen LogP contribution in [-0.2, 0) is 0 Å². The molecule has 2 N–H and O–H groups in total. The lowest BCUT2D eigenvalue weighted by atomic mass is 10.2. The van der Waals surface area contributed by atoms with Crippen LogP contribution in [0.15, 0.2) is 71.7 Å². The summed E-state index contributed by atoms with van der Waals surface area (Å²) in [5.41, 5.74) is 1.89. The highest BCUT2D eigenvalue weighted by Crippen LogP contribution is 2.19. The minimum absolute atomic E-state index is 0.160. The number of unbranched alkanes of at least 4 members (excludes halogenated alkanes) is 1. The number of aromatic nitrogens is 6. The number of ether oxygens (including phenoxy) is 1. The molecule has 0 aliphatic carbocycles. The summed E-state index contributed by atoms with van der Waals surface area (Å²) >= 11 is 0. The first-order valence-electron chi connectivity index (χ1n) is 11.7. The number of carbonyl (C=O) groups is 1. The average molecular weight is 484 g/mol. The Bertz CT molecular complexity index is 1570. The lowest BCUT2D eigenvalue weighted by molar-refractivity contribution is 0.102. The fourth-order valence-electron chi connectivity index (χ4n) is 3.74. The molecule has 0 bridgehead atoms. The molecule has 0 fully saturated rings. The Morgan fingerprint density at radius 1 is 1.08 bits per heavy atom. The van der Waals surface area contributed by atoms with Gasteiger partial charge >= 0.3 is 0 Å². The first kappa shape index (κ1) is 23.0. The number of rotatable bonds is 8. The second-order valence-corrected chi connectivity index (χ2v) is 8.28. The van der Waals surface area contributed by atoms with Crippen LogP contribution in [-0.4, -0.2) is 42.0 Å². The normalized spacial score (nSPS) is 11.1. The summed E-state index contributed by atoms with van der Waals surface area (Å²) in [6.45, 7) is 4.53. The summed E-state index contributed by atoms with van der Waals surface area (Å²) in [7, 11) is 0. The van der Waals surface area contributed by atoms with E-state index in [9.17, 15) is 9.59 Å². The van der Waals surface area contributed by atoms with Crippen LogP contribution in [0.2, 0.25) is 0 Å². The van der Waals surface area contributed by atoms with Crippen LogP contribution in [0.1, 0.15) is 35.8 Å². The highest BCUT2D eigenvalue weighted by Gasteiger charge is 2.17. The number of nitrogens with one attached hydrogen (secondary N) is 2. The number of anilines is 1. The van der Waals surface area contributed by atoms with Crippen molar-refractivity contribution in [2.45, 2.75) is 26.7 Å². The van der Waals surface area contributed by atoms with E-state index in [1.807, 2.05) is 30.3 Å². The zero-order valence-corrected chi connectivity index (χ0v) is 19.9. The molecule has 0 radical (unpaired) electrons. The Morgan fingerprint density at radius 2 is 1.86 bits per heavy atom. The fourth-order valence-corrected chi connectivity index (χ4v) is 3.74. The van der Waals surface area contributed by atoms with Gasteiger partial charge in [-0.05, 0) is 49.7 Å². The Labute approximate surface area is 206 Å². The quantitative estimate of drug-likeness (QED) is 0.322. The van der Waals surface area contributed by atoms with Gasteiger partial charge in [-0.2, -0.15) is 19.9 Å². The van der Waals surface area contributed by atoms with E-state index >= 15 is 0 Å². The third-order valence-corrected chi connectivity index (χ3v) is 5.58. The number of hydrogen-bond donors (Lipinski definition) is 2. The molecule has 0 spiro atoms. The van der Waals surface area contributed by atoms with Crippen molar-refractivity contribution in [1.82, 2.24) is 29.5 Å². The van der Waals surface area contributed by atoms with Crippen LogP contribution in [0, 0.1) is 6.92 Å². The molecule has 2 aromatic carbocycles. The minimum atomic E-state index is -0.360. The topological polar surface area (TPSA) is 120 Å². The van der Waals surface area contributed by atoms with Crippen LogP contribution >= 0.6 is 0 Å². The molecule has 0 aliphatic heterocycles. The van der Waals surface area contributed by atoms with Gasteiger partial charge in [-0.3, -0.25) is 14.6 Å². The molecule has 5 aromatic rings. The molecule has 5 rings (SSSR count). The molecule has 0 saturated carbocycles. The van der Waals surface area contributed by atoms with E-state index in [-0.39, 0.29) is 17.4 Å². The summed E-state index contributed by atoms with van der Waals surface area (Å²) in [4.78, 5) is 33.1. The third kappa shape index (κ3) is 4.61. The maximum atomic E-state index is 13.0. The molecule has 0 atom stereocenters. The molecule has 3 aromatic heterocycles. The van der Waals surface area contributed by atoms with Crippen LogP contribution < -0.4 is 15.6 Å². The summed E-state index contributed by atoms with van der Waals surface area (Å²) in [6, 6.07) is 18.1. The largest absolute Gasteiger partial charge is 0.494 e. The van der Waals surface area contributed by atoms with Gasteiger partial charge in [0.05, 0.1) is 24.2 Å². The second kappa shape index (κ2) is 9.87. The van der Waals surface area contributed by atoms with Crippen molar-refractivity contribution in [1.29, 1.82) is 0 Å². The Hall–Kier alpha value is -4.73. The predicted molar refractivity (Wildman–Crippen MR) is 136 cm³/mol. The SMILES string of the molecule is CCCCOc1ccc(C(=O)Nc2cc(C)nn2-c2nc3c(cnn3-c3ccccc3)c(=O)[nH]2)cc1. The summed E-state index contributed by atoms with van der Waals surface area (Å²) in [6.07, 6.45) is 3.50. The zero-order chi connectivity index (χ0) is 25.1. The first-order chi connectivity index (χ1) is 17.5. The predicted octanol–water partition coefficient (Wildman–Crippen LogP) is 4.03. The Morgan fingerprint density at radius 3 is 2.61 bits per heavy atom. The van der Waals surface area contributed by atoms with E-state index in [0.29, 0.717) is 40.5 Å². The van der Waals surface area contributed by atoms with Crippen LogP contribution in [0.5, 0.6) is 5.75 Å². The highest BCUT2D eigenvalue weighted by molar-refractivity contribution is 6.04. The van der Waals surface area contributed by atoms with Crippen molar-refractivity contribution < 1.29 is 9.53 Å². The van der Waals surface area contributed by atoms with E-state index in [0.717, 1.165) is 18.5 Å². The molecule has 10 heteroatoms. The van der Waals surface area contributed by atoms with E-state index in [1.165, 1.54) is 10.9 Å². The molecule has 0 saturated heterocycles. The molecule has 0 unspecified atom stereocenters. The van der Waals surface area contributed by atoms with Crippen LogP contribution in [0.3, 0.4) is 0 Å². The Kier molecular flexibility index (Phi) is 6.31. The molecule has 182 valence electrons. The van der Waals surface area contributed by atoms with Crippen molar-refractivity contribution in [2.24, 2.45) is 0 Å². The number of aromatic amines is 1. The van der Waals surface area contributed by atoms with Gasteiger partial charge in [0.1, 0.15) is 17.0 Å². The van der Waals surface area contributed by atoms with E-state index < -0.39 is 0 Å². The standard InChI is InChI=1S/C26H25N7O3/c1-3-4-14-36-20-12-10-18(11-13-20)24(34)28-22-15-17(2)31-33(22)26-29-23-21(25(35)30-26)16-27-32(23)19-8-6-5-7-9-19/h5-13,15-16H,3-4,14H2,1-2H3,(H,28,34)(H,29,30,35). The molecule has 1 amide bonds. The van der Waals surface area contributed by atoms with Gasteiger partial charge in [0, 0.05) is 11.6 Å². The van der Waals surface area contributed by atoms with E-state index in [4.69, 9.17) is 4.74 Å². The molecule has 0 aliphatic rings. The van der Waals surface area contributed by atoms with Gasteiger partial charge < -0.3 is 10.1 Å². The number of para-hydroxylation sites is 1. The monoisotopic (exact) mass is 483 g/mol. The van der Waals surface area contributed by atoms with Gasteiger partial charge in [-0.15, -0.1) is 0 Å². The lowest BCUT2D eigenvalue weighted by Crippen LogP contribution is -2.19. The van der Waals surface area contributed by atoms with Gasteiger partial charge in [-0.1, -0.05) is 31.5 Å². The first-order valence-corrected chi connectivity index (χ1v) is 11.7. The summed E-state index contributed by atoms with van der Waals surface area (Å²) in [5.74, 6) is 0.919. The number of nitrogens with zero attached hydrogens (tertiary/aromatic N) is 5. The average Bonchev–Trinajstić information content (AvgIpc) is 3.48.